The fourth-order valence-corrected chi connectivity index (χ4v) is 9.71. The monoisotopic (exact) mass is 609 g/mol. The summed E-state index contributed by atoms with van der Waals surface area (Å²) in [6.07, 6.45) is 12.2. The van der Waals surface area contributed by atoms with Crippen LogP contribution in [0.1, 0.15) is 62.3 Å². The predicted octanol–water partition coefficient (Wildman–Crippen LogP) is 12.5. The van der Waals surface area contributed by atoms with Crippen LogP contribution in [0, 0.1) is 0 Å². The van der Waals surface area contributed by atoms with Gasteiger partial charge in [0.05, 0.1) is 17.1 Å². The molecule has 2 aromatic heterocycles. The van der Waals surface area contributed by atoms with Crippen LogP contribution in [0.25, 0.3) is 58.7 Å². The Labute approximate surface area is 273 Å². The molecule has 0 radical (unpaired) electrons. The van der Waals surface area contributed by atoms with E-state index in [1.807, 2.05) is 11.3 Å². The van der Waals surface area contributed by atoms with Gasteiger partial charge in [0, 0.05) is 36.4 Å². The van der Waals surface area contributed by atoms with Gasteiger partial charge in [0.15, 0.2) is 0 Å². The first kappa shape index (κ1) is 26.5. The average Bonchev–Trinajstić information content (AvgIpc) is 3.66. The number of aromatic nitrogens is 1. The van der Waals surface area contributed by atoms with Crippen molar-refractivity contribution in [1.29, 1.82) is 0 Å². The third kappa shape index (κ3) is 3.68. The molecule has 1 unspecified atom stereocenters. The standard InChI is InChI=1S/C44H35NS/c1-44(2)37-17-8-6-15-31(37)33-24-39-34(23-38(33)44)35-26-42-36(32-16-7-9-18-41(32)46-42)25-40(35)45(39)30-21-19-29(20-22-30)43(28-13-10-14-28)27-11-4-3-5-12-27/h3-9,11-12,15-21,23-26,30H,10,13-14,22H2,1-2H3. The third-order valence-electron chi connectivity index (χ3n) is 11.1. The molecule has 0 N–H and O–H groups in total. The van der Waals surface area contributed by atoms with Crippen molar-refractivity contribution in [2.75, 3.05) is 0 Å². The fourth-order valence-electron chi connectivity index (χ4n) is 8.58. The van der Waals surface area contributed by atoms with Gasteiger partial charge >= 0.3 is 0 Å². The smallest absolute Gasteiger partial charge is 0.0560 e. The summed E-state index contributed by atoms with van der Waals surface area (Å²) in [5, 5.41) is 5.47. The van der Waals surface area contributed by atoms with E-state index in [4.69, 9.17) is 0 Å². The molecule has 1 atom stereocenters. The first-order valence-electron chi connectivity index (χ1n) is 16.8. The van der Waals surface area contributed by atoms with Gasteiger partial charge < -0.3 is 4.57 Å². The second-order valence-electron chi connectivity index (χ2n) is 13.9. The van der Waals surface area contributed by atoms with Crippen molar-refractivity contribution in [3.8, 4) is 11.1 Å². The van der Waals surface area contributed by atoms with Crippen LogP contribution in [0.2, 0.25) is 0 Å². The highest BCUT2D eigenvalue weighted by Gasteiger charge is 2.36. The summed E-state index contributed by atoms with van der Waals surface area (Å²) < 4.78 is 5.39. The molecule has 0 aliphatic heterocycles. The SMILES string of the molecule is CC1(C)c2ccccc2-c2cc3c(cc21)c1cc2sc4ccccc4c2cc1n3C1C=CC(C(=C2CCC2)c2ccccc2)=CC1. The molecule has 0 spiro atoms. The van der Waals surface area contributed by atoms with Gasteiger partial charge in [0.1, 0.15) is 0 Å². The number of rotatable bonds is 3. The number of thiophene rings is 1. The topological polar surface area (TPSA) is 4.93 Å². The molecule has 3 aliphatic rings. The summed E-state index contributed by atoms with van der Waals surface area (Å²) in [6, 6.07) is 39.2. The summed E-state index contributed by atoms with van der Waals surface area (Å²) in [6.45, 7) is 4.79. The van der Waals surface area contributed by atoms with Crippen LogP contribution in [0.5, 0.6) is 0 Å². The Bertz CT molecular complexity index is 2490. The molecule has 1 saturated carbocycles. The molecule has 46 heavy (non-hydrogen) atoms. The Morgan fingerprint density at radius 3 is 2.26 bits per heavy atom. The minimum Gasteiger partial charge on any atom is -0.333 e. The lowest BCUT2D eigenvalue weighted by molar-refractivity contribution is 0.643. The molecule has 1 fully saturated rings. The molecule has 10 rings (SSSR count). The van der Waals surface area contributed by atoms with Crippen LogP contribution in [0.3, 0.4) is 0 Å². The summed E-state index contributed by atoms with van der Waals surface area (Å²) in [5.74, 6) is 0. The molecular formula is C44H35NS. The molecule has 0 saturated heterocycles. The number of benzene rings is 5. The van der Waals surface area contributed by atoms with Crippen molar-refractivity contribution in [3.05, 3.63) is 149 Å². The van der Waals surface area contributed by atoms with Crippen LogP contribution >= 0.6 is 11.3 Å². The zero-order valence-electron chi connectivity index (χ0n) is 26.3. The van der Waals surface area contributed by atoms with Gasteiger partial charge in [0.25, 0.3) is 0 Å². The first-order valence-corrected chi connectivity index (χ1v) is 17.6. The first-order chi connectivity index (χ1) is 22.6. The maximum Gasteiger partial charge on any atom is 0.0560 e. The van der Waals surface area contributed by atoms with Crippen LogP contribution in [-0.4, -0.2) is 4.57 Å². The zero-order chi connectivity index (χ0) is 30.6. The number of hydrogen-bond donors (Lipinski definition) is 0. The second-order valence-corrected chi connectivity index (χ2v) is 15.0. The largest absolute Gasteiger partial charge is 0.333 e. The number of nitrogens with zero attached hydrogens (tertiary/aromatic N) is 1. The lowest BCUT2D eigenvalue weighted by atomic mass is 9.80. The van der Waals surface area contributed by atoms with Crippen LogP contribution in [0.4, 0.5) is 0 Å². The van der Waals surface area contributed by atoms with Gasteiger partial charge in [-0.25, -0.2) is 0 Å². The summed E-state index contributed by atoms with van der Waals surface area (Å²) in [7, 11) is 0. The van der Waals surface area contributed by atoms with E-state index in [0.717, 1.165) is 6.42 Å². The Hall–Kier alpha value is -4.66. The van der Waals surface area contributed by atoms with Crippen LogP contribution < -0.4 is 0 Å². The average molecular weight is 610 g/mol. The molecule has 222 valence electrons. The quantitative estimate of drug-likeness (QED) is 0.188. The van der Waals surface area contributed by atoms with Crippen molar-refractivity contribution in [2.45, 2.75) is 51.0 Å². The Morgan fingerprint density at radius 1 is 0.696 bits per heavy atom. The van der Waals surface area contributed by atoms with Crippen molar-refractivity contribution in [2.24, 2.45) is 0 Å². The summed E-state index contributed by atoms with van der Waals surface area (Å²) in [5.41, 5.74) is 14.1. The molecule has 7 aromatic rings. The summed E-state index contributed by atoms with van der Waals surface area (Å²) >= 11 is 1.92. The molecular weight excluding hydrogens is 575 g/mol. The van der Waals surface area contributed by atoms with E-state index in [-0.39, 0.29) is 11.5 Å². The Balaban J connectivity index is 1.20. The summed E-state index contributed by atoms with van der Waals surface area (Å²) in [4.78, 5) is 0. The zero-order valence-corrected chi connectivity index (χ0v) is 27.1. The molecule has 2 heterocycles. The van der Waals surface area contributed by atoms with E-state index >= 15 is 0 Å². The highest BCUT2D eigenvalue weighted by Crippen LogP contribution is 2.52. The number of hydrogen-bond acceptors (Lipinski definition) is 1. The molecule has 1 nitrogen and oxygen atoms in total. The van der Waals surface area contributed by atoms with Crippen molar-refractivity contribution in [1.82, 2.24) is 4.57 Å². The maximum atomic E-state index is 2.66. The van der Waals surface area contributed by atoms with Gasteiger partial charge in [-0.2, -0.15) is 0 Å². The van der Waals surface area contributed by atoms with Gasteiger partial charge in [-0.1, -0.05) is 110 Å². The highest BCUT2D eigenvalue weighted by molar-refractivity contribution is 7.25. The van der Waals surface area contributed by atoms with E-state index < -0.39 is 0 Å². The van der Waals surface area contributed by atoms with Crippen LogP contribution in [-0.2, 0) is 5.41 Å². The van der Waals surface area contributed by atoms with Crippen LogP contribution in [0.15, 0.2) is 133 Å². The molecule has 5 aromatic carbocycles. The fraction of sp³-hybridized carbons (Fsp3) is 0.182. The van der Waals surface area contributed by atoms with Gasteiger partial charge in [0.2, 0.25) is 0 Å². The van der Waals surface area contributed by atoms with Crippen molar-refractivity contribution in [3.63, 3.8) is 0 Å². The van der Waals surface area contributed by atoms with Gasteiger partial charge in [-0.05, 0) is 95.0 Å². The number of fused-ring (bicyclic) bond motifs is 9. The van der Waals surface area contributed by atoms with E-state index in [2.05, 4.69) is 140 Å². The normalized spacial score (nSPS) is 18.3. The molecule has 0 amide bonds. The van der Waals surface area contributed by atoms with Gasteiger partial charge in [-0.15, -0.1) is 11.3 Å². The Morgan fingerprint density at radius 2 is 1.46 bits per heavy atom. The van der Waals surface area contributed by atoms with E-state index in [1.165, 1.54) is 100 Å². The predicted molar refractivity (Wildman–Crippen MR) is 198 cm³/mol. The van der Waals surface area contributed by atoms with E-state index in [0.29, 0.717) is 0 Å². The highest BCUT2D eigenvalue weighted by atomic mass is 32.1. The molecule has 0 bridgehead atoms. The van der Waals surface area contributed by atoms with E-state index in [9.17, 15) is 0 Å². The lowest BCUT2D eigenvalue weighted by Gasteiger charge is -2.26. The van der Waals surface area contributed by atoms with Crippen molar-refractivity contribution < 1.29 is 0 Å². The minimum atomic E-state index is -0.0263. The van der Waals surface area contributed by atoms with Crippen molar-refractivity contribution >= 4 is 58.9 Å². The minimum absolute atomic E-state index is 0.0263. The second kappa shape index (κ2) is 9.67. The van der Waals surface area contributed by atoms with E-state index in [1.54, 1.807) is 5.57 Å². The lowest BCUT2D eigenvalue weighted by Crippen LogP contribution is -2.14. The Kier molecular flexibility index (Phi) is 5.58. The maximum absolute atomic E-state index is 2.66. The third-order valence-corrected chi connectivity index (χ3v) is 12.2. The van der Waals surface area contributed by atoms with Gasteiger partial charge in [-0.3, -0.25) is 0 Å². The molecule has 3 aliphatic carbocycles. The molecule has 2 heteroatoms. The number of allylic oxidation sites excluding steroid dienone is 6.